The number of benzene rings is 1. The zero-order valence-electron chi connectivity index (χ0n) is 10.6. The molecule has 0 saturated heterocycles. The Balaban J connectivity index is 2.62. The molecule has 0 heterocycles. The summed E-state index contributed by atoms with van der Waals surface area (Å²) < 4.78 is 5.53. The normalized spacial score (nSPS) is 14.7. The lowest BCUT2D eigenvalue weighted by Gasteiger charge is -2.25. The van der Waals surface area contributed by atoms with Crippen molar-refractivity contribution in [3.8, 4) is 0 Å². The van der Waals surface area contributed by atoms with Gasteiger partial charge in [0.15, 0.2) is 0 Å². The van der Waals surface area contributed by atoms with Crippen LogP contribution in [0.1, 0.15) is 32.3 Å². The fourth-order valence-corrected chi connectivity index (χ4v) is 1.88. The van der Waals surface area contributed by atoms with Crippen molar-refractivity contribution in [1.82, 2.24) is 5.32 Å². The first-order valence-electron chi connectivity index (χ1n) is 6.15. The highest BCUT2D eigenvalue weighted by Gasteiger charge is 2.17. The lowest BCUT2D eigenvalue weighted by atomic mass is 9.94. The topological polar surface area (TPSA) is 21.3 Å². The molecule has 1 N–H and O–H groups in total. The molecule has 0 aromatic heterocycles. The highest BCUT2D eigenvalue weighted by atomic mass is 16.5. The summed E-state index contributed by atoms with van der Waals surface area (Å²) in [6.45, 7) is 8.97. The molecular weight excluding hydrogens is 198 g/mol. The van der Waals surface area contributed by atoms with Crippen molar-refractivity contribution >= 4 is 0 Å². The van der Waals surface area contributed by atoms with Crippen LogP contribution in [-0.4, -0.2) is 25.8 Å². The zero-order chi connectivity index (χ0) is 11.8. The molecule has 2 unspecified atom stereocenters. The Morgan fingerprint density at radius 2 is 1.88 bits per heavy atom. The summed E-state index contributed by atoms with van der Waals surface area (Å²) in [5.74, 6) is 0.479. The molecule has 0 aliphatic heterocycles. The van der Waals surface area contributed by atoms with E-state index in [0.29, 0.717) is 12.0 Å². The van der Waals surface area contributed by atoms with Crippen LogP contribution < -0.4 is 5.32 Å². The third-order valence-electron chi connectivity index (χ3n) is 2.90. The van der Waals surface area contributed by atoms with E-state index >= 15 is 0 Å². The van der Waals surface area contributed by atoms with Crippen LogP contribution in [0.4, 0.5) is 0 Å². The molecular formula is C14H23NO. The second-order valence-electron chi connectivity index (χ2n) is 4.02. The van der Waals surface area contributed by atoms with Crippen molar-refractivity contribution in [1.29, 1.82) is 0 Å². The highest BCUT2D eigenvalue weighted by molar-refractivity contribution is 5.20. The molecule has 2 nitrogen and oxygen atoms in total. The van der Waals surface area contributed by atoms with Gasteiger partial charge < -0.3 is 10.1 Å². The Morgan fingerprint density at radius 1 is 1.19 bits per heavy atom. The van der Waals surface area contributed by atoms with Gasteiger partial charge in [-0.15, -0.1) is 0 Å². The average Bonchev–Trinajstić information content (AvgIpc) is 2.35. The second-order valence-corrected chi connectivity index (χ2v) is 4.02. The van der Waals surface area contributed by atoms with Crippen molar-refractivity contribution in [2.24, 2.45) is 0 Å². The Kier molecular flexibility index (Phi) is 6.12. The first-order valence-corrected chi connectivity index (χ1v) is 6.15. The van der Waals surface area contributed by atoms with Crippen LogP contribution in [0.3, 0.4) is 0 Å². The van der Waals surface area contributed by atoms with Crippen molar-refractivity contribution in [3.05, 3.63) is 35.9 Å². The summed E-state index contributed by atoms with van der Waals surface area (Å²) in [7, 11) is 0. The first-order chi connectivity index (χ1) is 7.79. The molecule has 0 amide bonds. The van der Waals surface area contributed by atoms with Gasteiger partial charge >= 0.3 is 0 Å². The van der Waals surface area contributed by atoms with Gasteiger partial charge in [0.2, 0.25) is 0 Å². The minimum Gasteiger partial charge on any atom is -0.380 e. The summed E-state index contributed by atoms with van der Waals surface area (Å²) in [5.41, 5.74) is 1.37. The molecule has 1 aromatic rings. The van der Waals surface area contributed by atoms with Gasteiger partial charge in [-0.1, -0.05) is 44.2 Å². The number of rotatable bonds is 7. The fraction of sp³-hybridized carbons (Fsp3) is 0.571. The Morgan fingerprint density at radius 3 is 2.44 bits per heavy atom. The van der Waals surface area contributed by atoms with Crippen LogP contribution in [0, 0.1) is 0 Å². The lowest BCUT2D eigenvalue weighted by Crippen LogP contribution is -2.37. The first kappa shape index (κ1) is 13.2. The molecule has 0 bridgehead atoms. The Hall–Kier alpha value is -0.860. The maximum atomic E-state index is 5.53. The van der Waals surface area contributed by atoms with Crippen LogP contribution in [0.25, 0.3) is 0 Å². The molecule has 0 aliphatic carbocycles. The Labute approximate surface area is 99.0 Å². The molecule has 90 valence electrons. The van der Waals surface area contributed by atoms with Gasteiger partial charge in [-0.3, -0.25) is 0 Å². The van der Waals surface area contributed by atoms with E-state index in [1.807, 2.05) is 6.92 Å². The predicted molar refractivity (Wildman–Crippen MR) is 68.8 cm³/mol. The molecule has 0 radical (unpaired) electrons. The van der Waals surface area contributed by atoms with Crippen LogP contribution in [0.15, 0.2) is 30.3 Å². The molecule has 16 heavy (non-hydrogen) atoms. The summed E-state index contributed by atoms with van der Waals surface area (Å²) >= 11 is 0. The van der Waals surface area contributed by atoms with Crippen LogP contribution in [-0.2, 0) is 4.74 Å². The zero-order valence-corrected chi connectivity index (χ0v) is 10.6. The van der Waals surface area contributed by atoms with E-state index in [0.717, 1.165) is 19.8 Å². The number of hydrogen-bond donors (Lipinski definition) is 1. The van der Waals surface area contributed by atoms with Gasteiger partial charge in [-0.05, 0) is 24.9 Å². The Bertz CT molecular complexity index is 273. The molecule has 2 atom stereocenters. The molecule has 0 spiro atoms. The minimum absolute atomic E-state index is 0.396. The number of nitrogens with one attached hydrogen (secondary N) is 1. The summed E-state index contributed by atoms with van der Waals surface area (Å²) in [5, 5.41) is 3.49. The molecule has 0 fully saturated rings. The highest BCUT2D eigenvalue weighted by Crippen LogP contribution is 2.19. The van der Waals surface area contributed by atoms with Crippen LogP contribution in [0.5, 0.6) is 0 Å². The molecule has 1 aromatic carbocycles. The largest absolute Gasteiger partial charge is 0.380 e. The fourth-order valence-electron chi connectivity index (χ4n) is 1.88. The predicted octanol–water partition coefficient (Wildman–Crippen LogP) is 2.80. The third kappa shape index (κ3) is 3.95. The molecule has 1 rings (SSSR count). The molecule has 0 saturated carbocycles. The summed E-state index contributed by atoms with van der Waals surface area (Å²) in [6, 6.07) is 11.0. The SMILES string of the molecule is CCNC(COCC)C(C)c1ccccc1. The summed E-state index contributed by atoms with van der Waals surface area (Å²) in [4.78, 5) is 0. The van der Waals surface area contributed by atoms with Gasteiger partial charge in [-0.2, -0.15) is 0 Å². The van der Waals surface area contributed by atoms with Crippen molar-refractivity contribution < 1.29 is 4.74 Å². The second kappa shape index (κ2) is 7.42. The van der Waals surface area contributed by atoms with E-state index in [4.69, 9.17) is 4.74 Å². The van der Waals surface area contributed by atoms with E-state index in [-0.39, 0.29) is 0 Å². The van der Waals surface area contributed by atoms with E-state index in [9.17, 15) is 0 Å². The number of likely N-dealkylation sites (N-methyl/N-ethyl adjacent to an activating group) is 1. The quantitative estimate of drug-likeness (QED) is 0.764. The van der Waals surface area contributed by atoms with Crippen molar-refractivity contribution in [2.45, 2.75) is 32.7 Å². The average molecular weight is 221 g/mol. The van der Waals surface area contributed by atoms with E-state index in [1.54, 1.807) is 0 Å². The van der Waals surface area contributed by atoms with Gasteiger partial charge in [0.05, 0.1) is 6.61 Å². The van der Waals surface area contributed by atoms with Gasteiger partial charge in [0.25, 0.3) is 0 Å². The maximum Gasteiger partial charge on any atom is 0.0625 e. The molecule has 2 heteroatoms. The van der Waals surface area contributed by atoms with Crippen LogP contribution >= 0.6 is 0 Å². The van der Waals surface area contributed by atoms with E-state index < -0.39 is 0 Å². The van der Waals surface area contributed by atoms with E-state index in [2.05, 4.69) is 49.5 Å². The van der Waals surface area contributed by atoms with Crippen LogP contribution in [0.2, 0.25) is 0 Å². The number of ether oxygens (including phenoxy) is 1. The lowest BCUT2D eigenvalue weighted by molar-refractivity contribution is 0.116. The standard InChI is InChI=1S/C14H23NO/c1-4-15-14(11-16-5-2)12(3)13-9-7-6-8-10-13/h6-10,12,14-15H,4-5,11H2,1-3H3. The number of hydrogen-bond acceptors (Lipinski definition) is 2. The van der Waals surface area contributed by atoms with Gasteiger partial charge in [0.1, 0.15) is 0 Å². The van der Waals surface area contributed by atoms with Crippen molar-refractivity contribution in [2.75, 3.05) is 19.8 Å². The third-order valence-corrected chi connectivity index (χ3v) is 2.90. The maximum absolute atomic E-state index is 5.53. The van der Waals surface area contributed by atoms with Gasteiger partial charge in [0, 0.05) is 12.6 Å². The monoisotopic (exact) mass is 221 g/mol. The van der Waals surface area contributed by atoms with Crippen molar-refractivity contribution in [3.63, 3.8) is 0 Å². The molecule has 0 aliphatic rings. The minimum atomic E-state index is 0.396. The summed E-state index contributed by atoms with van der Waals surface area (Å²) in [6.07, 6.45) is 0. The van der Waals surface area contributed by atoms with E-state index in [1.165, 1.54) is 5.56 Å². The smallest absolute Gasteiger partial charge is 0.0625 e. The van der Waals surface area contributed by atoms with Gasteiger partial charge in [-0.25, -0.2) is 0 Å².